The van der Waals surface area contributed by atoms with Gasteiger partial charge in [-0.2, -0.15) is 0 Å². The molecule has 17 heavy (non-hydrogen) atoms. The number of hydrogen-bond donors (Lipinski definition) is 2. The molecule has 92 valence electrons. The molecule has 2 rings (SSSR count). The highest BCUT2D eigenvalue weighted by Gasteiger charge is 2.47. The Labute approximate surface area is 101 Å². The molecule has 1 fully saturated rings. The SMILES string of the molecule is COC(=O)Nc1cccc(C2(C(C)N)CC2)c1. The summed E-state index contributed by atoms with van der Waals surface area (Å²) in [5, 5.41) is 2.67. The van der Waals surface area contributed by atoms with Crippen molar-refractivity contribution in [3.05, 3.63) is 29.8 Å². The molecule has 0 heterocycles. The maximum Gasteiger partial charge on any atom is 0.411 e. The first kappa shape index (κ1) is 11.9. The Balaban J connectivity index is 2.20. The average Bonchev–Trinajstić information content (AvgIpc) is 3.10. The van der Waals surface area contributed by atoms with Gasteiger partial charge in [-0.05, 0) is 37.5 Å². The van der Waals surface area contributed by atoms with Crippen molar-refractivity contribution in [2.24, 2.45) is 5.73 Å². The second kappa shape index (κ2) is 4.37. The van der Waals surface area contributed by atoms with Crippen LogP contribution in [-0.4, -0.2) is 19.2 Å². The zero-order valence-corrected chi connectivity index (χ0v) is 10.2. The molecular formula is C13H18N2O2. The van der Waals surface area contributed by atoms with E-state index in [2.05, 4.69) is 16.1 Å². The third-order valence-electron chi connectivity index (χ3n) is 3.53. The molecular weight excluding hydrogens is 216 g/mol. The van der Waals surface area contributed by atoms with E-state index in [0.29, 0.717) is 0 Å². The molecule has 0 radical (unpaired) electrons. The van der Waals surface area contributed by atoms with Crippen molar-refractivity contribution < 1.29 is 9.53 Å². The zero-order valence-electron chi connectivity index (χ0n) is 10.2. The predicted molar refractivity (Wildman–Crippen MR) is 67.0 cm³/mol. The molecule has 1 aromatic rings. The lowest BCUT2D eigenvalue weighted by molar-refractivity contribution is 0.187. The Kier molecular flexibility index (Phi) is 3.07. The molecule has 0 bridgehead atoms. The van der Waals surface area contributed by atoms with Gasteiger partial charge in [-0.1, -0.05) is 12.1 Å². The molecule has 1 aromatic carbocycles. The number of carbonyl (C=O) groups is 1. The van der Waals surface area contributed by atoms with E-state index in [0.717, 1.165) is 18.5 Å². The number of methoxy groups -OCH3 is 1. The van der Waals surface area contributed by atoms with Gasteiger partial charge in [-0.15, -0.1) is 0 Å². The van der Waals surface area contributed by atoms with Crippen LogP contribution in [0, 0.1) is 0 Å². The molecule has 0 aliphatic heterocycles. The fourth-order valence-corrected chi connectivity index (χ4v) is 2.22. The predicted octanol–water partition coefficient (Wildman–Crippen LogP) is 2.24. The minimum Gasteiger partial charge on any atom is -0.453 e. The van der Waals surface area contributed by atoms with Crippen LogP contribution < -0.4 is 11.1 Å². The lowest BCUT2D eigenvalue weighted by Gasteiger charge is -2.20. The lowest BCUT2D eigenvalue weighted by atomic mass is 9.89. The Morgan fingerprint density at radius 3 is 2.76 bits per heavy atom. The number of hydrogen-bond acceptors (Lipinski definition) is 3. The van der Waals surface area contributed by atoms with Crippen molar-refractivity contribution in [3.63, 3.8) is 0 Å². The second-order valence-electron chi connectivity index (χ2n) is 4.64. The van der Waals surface area contributed by atoms with Gasteiger partial charge >= 0.3 is 6.09 Å². The first-order valence-corrected chi connectivity index (χ1v) is 5.79. The van der Waals surface area contributed by atoms with Crippen LogP contribution in [-0.2, 0) is 10.2 Å². The molecule has 1 atom stereocenters. The number of ether oxygens (including phenoxy) is 1. The van der Waals surface area contributed by atoms with Crippen LogP contribution in [0.1, 0.15) is 25.3 Å². The van der Waals surface area contributed by atoms with E-state index < -0.39 is 6.09 Å². The first-order chi connectivity index (χ1) is 8.08. The molecule has 4 heteroatoms. The summed E-state index contributed by atoms with van der Waals surface area (Å²) in [7, 11) is 1.35. The molecule has 0 saturated heterocycles. The largest absolute Gasteiger partial charge is 0.453 e. The van der Waals surface area contributed by atoms with E-state index in [4.69, 9.17) is 5.73 Å². The standard InChI is InChI=1S/C13H18N2O2/c1-9(14)13(6-7-13)10-4-3-5-11(8-10)15-12(16)17-2/h3-5,8-9H,6-7,14H2,1-2H3,(H,15,16). The van der Waals surface area contributed by atoms with Crippen molar-refractivity contribution in [2.45, 2.75) is 31.2 Å². The highest BCUT2D eigenvalue weighted by atomic mass is 16.5. The third kappa shape index (κ3) is 2.26. The smallest absolute Gasteiger partial charge is 0.411 e. The Bertz CT molecular complexity index is 425. The summed E-state index contributed by atoms with van der Waals surface area (Å²) < 4.78 is 4.57. The van der Waals surface area contributed by atoms with Gasteiger partial charge in [0.2, 0.25) is 0 Å². The minimum atomic E-state index is -0.451. The molecule has 3 N–H and O–H groups in total. The van der Waals surface area contributed by atoms with Crippen LogP contribution in [0.15, 0.2) is 24.3 Å². The van der Waals surface area contributed by atoms with Crippen LogP contribution in [0.5, 0.6) is 0 Å². The number of nitrogens with two attached hydrogens (primary N) is 1. The highest BCUT2D eigenvalue weighted by Crippen LogP contribution is 2.50. The molecule has 1 unspecified atom stereocenters. The Morgan fingerprint density at radius 1 is 1.53 bits per heavy atom. The quantitative estimate of drug-likeness (QED) is 0.843. The van der Waals surface area contributed by atoms with E-state index in [1.54, 1.807) is 0 Å². The minimum absolute atomic E-state index is 0.105. The third-order valence-corrected chi connectivity index (χ3v) is 3.53. The fourth-order valence-electron chi connectivity index (χ4n) is 2.22. The summed E-state index contributed by atoms with van der Waals surface area (Å²) in [4.78, 5) is 11.1. The van der Waals surface area contributed by atoms with Gasteiger partial charge in [0, 0.05) is 17.1 Å². The van der Waals surface area contributed by atoms with E-state index in [1.165, 1.54) is 12.7 Å². The summed E-state index contributed by atoms with van der Waals surface area (Å²) in [6, 6.07) is 7.96. The molecule has 1 amide bonds. The lowest BCUT2D eigenvalue weighted by Crippen LogP contribution is -2.31. The number of anilines is 1. The fraction of sp³-hybridized carbons (Fsp3) is 0.462. The van der Waals surface area contributed by atoms with E-state index >= 15 is 0 Å². The normalized spacial score (nSPS) is 18.3. The van der Waals surface area contributed by atoms with Gasteiger partial charge in [-0.25, -0.2) is 4.79 Å². The van der Waals surface area contributed by atoms with Crippen LogP contribution in [0.4, 0.5) is 10.5 Å². The summed E-state index contributed by atoms with van der Waals surface area (Å²) in [5.41, 5.74) is 8.08. The van der Waals surface area contributed by atoms with Crippen molar-refractivity contribution in [1.82, 2.24) is 0 Å². The van der Waals surface area contributed by atoms with Crippen LogP contribution in [0.25, 0.3) is 0 Å². The van der Waals surface area contributed by atoms with E-state index in [9.17, 15) is 4.79 Å². The van der Waals surface area contributed by atoms with Gasteiger partial charge < -0.3 is 10.5 Å². The van der Waals surface area contributed by atoms with Gasteiger partial charge in [0.15, 0.2) is 0 Å². The summed E-state index contributed by atoms with van der Waals surface area (Å²) in [5.74, 6) is 0. The molecule has 1 aliphatic carbocycles. The Morgan fingerprint density at radius 2 is 2.24 bits per heavy atom. The van der Waals surface area contributed by atoms with Crippen LogP contribution >= 0.6 is 0 Å². The average molecular weight is 234 g/mol. The molecule has 0 spiro atoms. The van der Waals surface area contributed by atoms with E-state index in [-0.39, 0.29) is 11.5 Å². The molecule has 1 aliphatic rings. The maximum absolute atomic E-state index is 11.1. The van der Waals surface area contributed by atoms with Crippen LogP contribution in [0.2, 0.25) is 0 Å². The molecule has 1 saturated carbocycles. The van der Waals surface area contributed by atoms with Crippen LogP contribution in [0.3, 0.4) is 0 Å². The number of benzene rings is 1. The number of rotatable bonds is 3. The summed E-state index contributed by atoms with van der Waals surface area (Å²) in [6.07, 6.45) is 1.78. The van der Waals surface area contributed by atoms with Gasteiger partial charge in [0.1, 0.15) is 0 Å². The van der Waals surface area contributed by atoms with Crippen molar-refractivity contribution >= 4 is 11.8 Å². The van der Waals surface area contributed by atoms with Crippen molar-refractivity contribution in [2.75, 3.05) is 12.4 Å². The highest BCUT2D eigenvalue weighted by molar-refractivity contribution is 5.84. The second-order valence-corrected chi connectivity index (χ2v) is 4.64. The number of amides is 1. The molecule has 0 aromatic heterocycles. The van der Waals surface area contributed by atoms with Gasteiger partial charge in [-0.3, -0.25) is 5.32 Å². The topological polar surface area (TPSA) is 64.3 Å². The zero-order chi connectivity index (χ0) is 12.5. The van der Waals surface area contributed by atoms with E-state index in [1.807, 2.05) is 25.1 Å². The summed E-state index contributed by atoms with van der Waals surface area (Å²) in [6.45, 7) is 2.04. The summed E-state index contributed by atoms with van der Waals surface area (Å²) >= 11 is 0. The maximum atomic E-state index is 11.1. The number of carbonyl (C=O) groups excluding carboxylic acids is 1. The Hall–Kier alpha value is -1.55. The molecule has 4 nitrogen and oxygen atoms in total. The monoisotopic (exact) mass is 234 g/mol. The first-order valence-electron chi connectivity index (χ1n) is 5.79. The van der Waals surface area contributed by atoms with Crippen molar-refractivity contribution in [3.8, 4) is 0 Å². The van der Waals surface area contributed by atoms with Gasteiger partial charge in [0.05, 0.1) is 7.11 Å². The van der Waals surface area contributed by atoms with Gasteiger partial charge in [0.25, 0.3) is 0 Å². The number of nitrogens with one attached hydrogen (secondary N) is 1. The van der Waals surface area contributed by atoms with Crippen molar-refractivity contribution in [1.29, 1.82) is 0 Å².